The van der Waals surface area contributed by atoms with Crippen molar-refractivity contribution < 1.29 is 14.3 Å². The number of aryl methyl sites for hydroxylation is 1. The van der Waals surface area contributed by atoms with Gasteiger partial charge < -0.3 is 14.8 Å². The van der Waals surface area contributed by atoms with Crippen LogP contribution >= 0.6 is 11.3 Å². The minimum Gasteiger partial charge on any atom is -0.482 e. The summed E-state index contributed by atoms with van der Waals surface area (Å²) in [4.78, 5) is 17.2. The second kappa shape index (κ2) is 6.06. The third kappa shape index (κ3) is 3.13. The number of rotatable bonds is 4. The number of carbonyl (C=O) groups excluding carboxylic acids is 1. The summed E-state index contributed by atoms with van der Waals surface area (Å²) in [5.41, 5.74) is 2.59. The Morgan fingerprint density at radius 2 is 2.27 bits per heavy atom. The summed E-state index contributed by atoms with van der Waals surface area (Å²) < 4.78 is 11.0. The first-order valence-electron chi connectivity index (χ1n) is 7.18. The van der Waals surface area contributed by atoms with Crippen molar-refractivity contribution in [3.8, 4) is 17.0 Å². The van der Waals surface area contributed by atoms with Crippen LogP contribution in [0.3, 0.4) is 0 Å². The van der Waals surface area contributed by atoms with Crippen LogP contribution in [-0.2, 0) is 16.1 Å². The number of nitrogens with one attached hydrogen (secondary N) is 1. The molecule has 3 rings (SSSR count). The van der Waals surface area contributed by atoms with Crippen molar-refractivity contribution >= 4 is 22.9 Å². The number of ether oxygens (including phenoxy) is 2. The maximum absolute atomic E-state index is 11.4. The van der Waals surface area contributed by atoms with Gasteiger partial charge in [-0.15, -0.1) is 11.3 Å². The number of fused-ring (bicyclic) bond motifs is 1. The second-order valence-electron chi connectivity index (χ2n) is 5.42. The number of nitrogens with zero attached hydrogens (tertiary/aromatic N) is 1. The van der Waals surface area contributed by atoms with Crippen molar-refractivity contribution in [2.45, 2.75) is 33.5 Å². The van der Waals surface area contributed by atoms with Crippen molar-refractivity contribution in [3.63, 3.8) is 0 Å². The van der Waals surface area contributed by atoms with Crippen LogP contribution in [0.15, 0.2) is 18.2 Å². The molecule has 1 aromatic heterocycles. The van der Waals surface area contributed by atoms with Gasteiger partial charge in [0.2, 0.25) is 0 Å². The van der Waals surface area contributed by atoms with E-state index in [9.17, 15) is 4.79 Å². The van der Waals surface area contributed by atoms with E-state index < -0.39 is 0 Å². The molecule has 0 aliphatic carbocycles. The number of thiazole rings is 1. The molecule has 0 saturated heterocycles. The van der Waals surface area contributed by atoms with E-state index >= 15 is 0 Å². The number of benzene rings is 1. The second-order valence-corrected chi connectivity index (χ2v) is 6.71. The Morgan fingerprint density at radius 1 is 1.45 bits per heavy atom. The van der Waals surface area contributed by atoms with Gasteiger partial charge in [0.25, 0.3) is 5.91 Å². The molecule has 2 aromatic rings. The molecule has 5 nitrogen and oxygen atoms in total. The zero-order valence-electron chi connectivity index (χ0n) is 12.8. The number of hydrogen-bond acceptors (Lipinski definition) is 5. The molecule has 22 heavy (non-hydrogen) atoms. The van der Waals surface area contributed by atoms with Gasteiger partial charge in [-0.25, -0.2) is 4.98 Å². The largest absolute Gasteiger partial charge is 0.482 e. The molecule has 2 heterocycles. The molecule has 0 atom stereocenters. The molecular weight excluding hydrogens is 300 g/mol. The lowest BCUT2D eigenvalue weighted by molar-refractivity contribution is -0.118. The average molecular weight is 318 g/mol. The van der Waals surface area contributed by atoms with Gasteiger partial charge in [-0.3, -0.25) is 4.79 Å². The lowest BCUT2D eigenvalue weighted by atomic mass is 10.1. The highest BCUT2D eigenvalue weighted by atomic mass is 32.1. The van der Waals surface area contributed by atoms with Gasteiger partial charge in [0, 0.05) is 10.4 Å². The fourth-order valence-electron chi connectivity index (χ4n) is 2.25. The molecule has 0 fully saturated rings. The van der Waals surface area contributed by atoms with Crippen LogP contribution < -0.4 is 10.1 Å². The highest BCUT2D eigenvalue weighted by Gasteiger charge is 2.18. The van der Waals surface area contributed by atoms with Crippen LogP contribution in [0.2, 0.25) is 0 Å². The van der Waals surface area contributed by atoms with Crippen LogP contribution in [0.5, 0.6) is 5.75 Å². The van der Waals surface area contributed by atoms with E-state index in [-0.39, 0.29) is 18.6 Å². The fraction of sp³-hybridized carbons (Fsp3) is 0.375. The summed E-state index contributed by atoms with van der Waals surface area (Å²) in [6.45, 7) is 6.65. The maximum Gasteiger partial charge on any atom is 0.262 e. The molecule has 1 aliphatic rings. The first-order valence-corrected chi connectivity index (χ1v) is 7.99. The Kier molecular flexibility index (Phi) is 4.13. The SMILES string of the molecule is Cc1sc(COC(C)C)nc1-c1ccc2c(c1)NC(=O)CO2. The van der Waals surface area contributed by atoms with E-state index in [0.717, 1.165) is 21.1 Å². The topological polar surface area (TPSA) is 60.5 Å². The van der Waals surface area contributed by atoms with Crippen LogP contribution in [0.25, 0.3) is 11.3 Å². The van der Waals surface area contributed by atoms with Crippen molar-refractivity contribution in [2.24, 2.45) is 0 Å². The zero-order valence-corrected chi connectivity index (χ0v) is 13.6. The first-order chi connectivity index (χ1) is 10.5. The monoisotopic (exact) mass is 318 g/mol. The minimum atomic E-state index is -0.134. The van der Waals surface area contributed by atoms with Crippen molar-refractivity contribution in [3.05, 3.63) is 28.1 Å². The highest BCUT2D eigenvalue weighted by molar-refractivity contribution is 7.12. The van der Waals surface area contributed by atoms with Gasteiger partial charge in [-0.2, -0.15) is 0 Å². The minimum absolute atomic E-state index is 0.0682. The molecule has 1 aliphatic heterocycles. The fourth-order valence-corrected chi connectivity index (χ4v) is 3.13. The third-order valence-electron chi connectivity index (χ3n) is 3.27. The van der Waals surface area contributed by atoms with Crippen LogP contribution in [0, 0.1) is 6.92 Å². The molecule has 6 heteroatoms. The van der Waals surface area contributed by atoms with Gasteiger partial charge >= 0.3 is 0 Å². The molecule has 1 aromatic carbocycles. The Labute approximate surface area is 133 Å². The normalized spacial score (nSPS) is 13.7. The molecule has 1 N–H and O–H groups in total. The Hall–Kier alpha value is -1.92. The predicted octanol–water partition coefficient (Wildman–Crippen LogP) is 3.37. The lowest BCUT2D eigenvalue weighted by Crippen LogP contribution is -2.25. The standard InChI is InChI=1S/C16H18N2O3S/c1-9(2)20-8-15-18-16(10(3)22-15)11-4-5-13-12(6-11)17-14(19)7-21-13/h4-6,9H,7-8H2,1-3H3,(H,17,19). The number of carbonyl (C=O) groups is 1. The Bertz CT molecular complexity index is 709. The van der Waals surface area contributed by atoms with E-state index in [0.29, 0.717) is 18.0 Å². The molecular formula is C16H18N2O3S. The highest BCUT2D eigenvalue weighted by Crippen LogP contribution is 2.35. The van der Waals surface area contributed by atoms with E-state index in [4.69, 9.17) is 9.47 Å². The summed E-state index contributed by atoms with van der Waals surface area (Å²) in [5.74, 6) is 0.560. The average Bonchev–Trinajstić information content (AvgIpc) is 2.85. The zero-order chi connectivity index (χ0) is 15.7. The van der Waals surface area contributed by atoms with Gasteiger partial charge in [0.05, 0.1) is 24.1 Å². The van der Waals surface area contributed by atoms with Crippen LogP contribution in [-0.4, -0.2) is 23.6 Å². The number of amides is 1. The number of anilines is 1. The Morgan fingerprint density at radius 3 is 3.05 bits per heavy atom. The van der Waals surface area contributed by atoms with Crippen molar-refractivity contribution in [2.75, 3.05) is 11.9 Å². The Balaban J connectivity index is 1.88. The van der Waals surface area contributed by atoms with Gasteiger partial charge in [0.1, 0.15) is 10.8 Å². The van der Waals surface area contributed by atoms with E-state index in [1.54, 1.807) is 11.3 Å². The van der Waals surface area contributed by atoms with E-state index in [2.05, 4.69) is 10.3 Å². The molecule has 0 radical (unpaired) electrons. The van der Waals surface area contributed by atoms with Gasteiger partial charge in [-0.05, 0) is 39.0 Å². The number of hydrogen-bond donors (Lipinski definition) is 1. The lowest BCUT2D eigenvalue weighted by Gasteiger charge is -2.18. The molecule has 0 unspecified atom stereocenters. The first kappa shape index (κ1) is 15.0. The maximum atomic E-state index is 11.4. The van der Waals surface area contributed by atoms with E-state index in [1.165, 1.54) is 0 Å². The van der Waals surface area contributed by atoms with Crippen molar-refractivity contribution in [1.29, 1.82) is 0 Å². The van der Waals surface area contributed by atoms with Gasteiger partial charge in [-0.1, -0.05) is 0 Å². The summed E-state index contributed by atoms with van der Waals surface area (Å²) in [6.07, 6.45) is 0.184. The van der Waals surface area contributed by atoms with Crippen molar-refractivity contribution in [1.82, 2.24) is 4.98 Å². The van der Waals surface area contributed by atoms with E-state index in [1.807, 2.05) is 39.0 Å². The van der Waals surface area contributed by atoms with Crippen LogP contribution in [0.1, 0.15) is 23.7 Å². The van der Waals surface area contributed by atoms with Crippen LogP contribution in [0.4, 0.5) is 5.69 Å². The predicted molar refractivity (Wildman–Crippen MR) is 86.3 cm³/mol. The summed E-state index contributed by atoms with van der Waals surface area (Å²) in [6, 6.07) is 5.74. The molecule has 0 bridgehead atoms. The summed E-state index contributed by atoms with van der Waals surface area (Å²) in [5, 5.41) is 3.78. The third-order valence-corrected chi connectivity index (χ3v) is 4.21. The smallest absolute Gasteiger partial charge is 0.262 e. The quantitative estimate of drug-likeness (QED) is 0.939. The molecule has 0 saturated carbocycles. The molecule has 0 spiro atoms. The number of aromatic nitrogens is 1. The molecule has 1 amide bonds. The summed E-state index contributed by atoms with van der Waals surface area (Å²) in [7, 11) is 0. The summed E-state index contributed by atoms with van der Waals surface area (Å²) >= 11 is 1.63. The molecule has 116 valence electrons. The van der Waals surface area contributed by atoms with Gasteiger partial charge in [0.15, 0.2) is 6.61 Å².